The maximum absolute atomic E-state index is 13.8. The molecular formula is C29H34ClN3O4S. The number of carbonyl (C=O) groups excluding carboxylic acids is 2. The Labute approximate surface area is 230 Å². The molecule has 3 rings (SSSR count). The Hall–Kier alpha value is -3.36. The minimum Gasteiger partial charge on any atom is -0.354 e. The number of hydrogen-bond donors (Lipinski definition) is 1. The molecule has 0 aliphatic rings. The van der Waals surface area contributed by atoms with E-state index in [1.165, 1.54) is 17.0 Å². The molecule has 7 nitrogen and oxygen atoms in total. The standard InChI is InChI=1S/C29H34ClN3O4S/c1-5-17-31-29(35)23(4)32(19-24-8-6-7-22(3)18-24)28(34)20-33(26-13-11-25(30)12-14-26)38(36,37)27-15-9-21(2)10-16-27/h6-16,18,23H,5,17,19-20H2,1-4H3,(H,31,35). The lowest BCUT2D eigenvalue weighted by Crippen LogP contribution is -2.51. The number of nitrogens with zero attached hydrogens (tertiary/aromatic N) is 2. The summed E-state index contributed by atoms with van der Waals surface area (Å²) >= 11 is 6.05. The fourth-order valence-electron chi connectivity index (χ4n) is 3.96. The third-order valence-corrected chi connectivity index (χ3v) is 8.19. The van der Waals surface area contributed by atoms with E-state index in [2.05, 4.69) is 5.32 Å². The van der Waals surface area contributed by atoms with E-state index >= 15 is 0 Å². The van der Waals surface area contributed by atoms with Crippen molar-refractivity contribution >= 4 is 39.1 Å². The summed E-state index contributed by atoms with van der Waals surface area (Å²) in [7, 11) is -4.11. The first-order valence-electron chi connectivity index (χ1n) is 12.5. The maximum atomic E-state index is 13.8. The number of anilines is 1. The molecule has 3 aromatic carbocycles. The number of benzene rings is 3. The molecule has 1 atom stereocenters. The molecule has 0 bridgehead atoms. The van der Waals surface area contributed by atoms with Crippen molar-refractivity contribution in [3.8, 4) is 0 Å². The van der Waals surface area contributed by atoms with Gasteiger partial charge < -0.3 is 10.2 Å². The summed E-state index contributed by atoms with van der Waals surface area (Å²) in [6, 6.07) is 19.6. The minimum atomic E-state index is -4.11. The molecule has 0 aliphatic carbocycles. The molecule has 3 aromatic rings. The number of sulfonamides is 1. The lowest BCUT2D eigenvalue weighted by molar-refractivity contribution is -0.139. The van der Waals surface area contributed by atoms with Gasteiger partial charge in [0.15, 0.2) is 0 Å². The number of halogens is 1. The second-order valence-corrected chi connectivity index (χ2v) is 11.6. The van der Waals surface area contributed by atoms with E-state index < -0.39 is 28.5 Å². The van der Waals surface area contributed by atoms with E-state index in [9.17, 15) is 18.0 Å². The molecule has 0 saturated heterocycles. The largest absolute Gasteiger partial charge is 0.354 e. The van der Waals surface area contributed by atoms with Crippen LogP contribution in [0.1, 0.15) is 37.0 Å². The van der Waals surface area contributed by atoms with Gasteiger partial charge in [0.1, 0.15) is 12.6 Å². The van der Waals surface area contributed by atoms with Gasteiger partial charge in [-0.1, -0.05) is 66.0 Å². The molecule has 0 heterocycles. The molecule has 0 fully saturated rings. The van der Waals surface area contributed by atoms with E-state index in [1.807, 2.05) is 45.0 Å². The van der Waals surface area contributed by atoms with Crippen molar-refractivity contribution in [2.75, 3.05) is 17.4 Å². The predicted octanol–water partition coefficient (Wildman–Crippen LogP) is 5.10. The highest BCUT2D eigenvalue weighted by Crippen LogP contribution is 2.26. The zero-order valence-electron chi connectivity index (χ0n) is 22.1. The molecule has 0 spiro atoms. The van der Waals surface area contributed by atoms with Gasteiger partial charge in [-0.2, -0.15) is 0 Å². The lowest BCUT2D eigenvalue weighted by Gasteiger charge is -2.32. The lowest BCUT2D eigenvalue weighted by atomic mass is 10.1. The number of amides is 2. The van der Waals surface area contributed by atoms with E-state index in [1.54, 1.807) is 43.3 Å². The molecular weight excluding hydrogens is 522 g/mol. The second kappa shape index (κ2) is 12.9. The zero-order chi connectivity index (χ0) is 27.9. The van der Waals surface area contributed by atoms with Gasteiger partial charge in [0.25, 0.3) is 10.0 Å². The first kappa shape index (κ1) is 29.2. The molecule has 0 aliphatic heterocycles. The predicted molar refractivity (Wildman–Crippen MR) is 152 cm³/mol. The second-order valence-electron chi connectivity index (χ2n) is 9.28. The highest BCUT2D eigenvalue weighted by molar-refractivity contribution is 7.92. The number of hydrogen-bond acceptors (Lipinski definition) is 4. The van der Waals surface area contributed by atoms with Gasteiger partial charge >= 0.3 is 0 Å². The van der Waals surface area contributed by atoms with Crippen molar-refractivity contribution in [1.82, 2.24) is 10.2 Å². The van der Waals surface area contributed by atoms with Crippen LogP contribution in [0.2, 0.25) is 5.02 Å². The Bertz CT molecular complexity index is 1360. The van der Waals surface area contributed by atoms with Gasteiger partial charge in [0, 0.05) is 18.1 Å². The van der Waals surface area contributed by atoms with Crippen molar-refractivity contribution in [3.63, 3.8) is 0 Å². The van der Waals surface area contributed by atoms with E-state index in [0.717, 1.165) is 27.4 Å². The van der Waals surface area contributed by atoms with Crippen LogP contribution in [0.3, 0.4) is 0 Å². The number of aryl methyl sites for hydroxylation is 2. The molecule has 1 N–H and O–H groups in total. The van der Waals surface area contributed by atoms with E-state index in [4.69, 9.17) is 11.6 Å². The third-order valence-electron chi connectivity index (χ3n) is 6.15. The Morgan fingerprint density at radius 3 is 2.21 bits per heavy atom. The van der Waals surface area contributed by atoms with Gasteiger partial charge in [0.2, 0.25) is 11.8 Å². The van der Waals surface area contributed by atoms with Crippen LogP contribution in [0.4, 0.5) is 5.69 Å². The summed E-state index contributed by atoms with van der Waals surface area (Å²) in [5.74, 6) is -0.802. The average Bonchev–Trinajstić information content (AvgIpc) is 2.89. The summed E-state index contributed by atoms with van der Waals surface area (Å²) in [5.41, 5.74) is 3.06. The normalized spacial score (nSPS) is 12.0. The van der Waals surface area contributed by atoms with Crippen molar-refractivity contribution < 1.29 is 18.0 Å². The number of rotatable bonds is 11. The Morgan fingerprint density at radius 1 is 0.947 bits per heavy atom. The SMILES string of the molecule is CCCNC(=O)C(C)N(Cc1cccc(C)c1)C(=O)CN(c1ccc(Cl)cc1)S(=O)(=O)c1ccc(C)cc1. The van der Waals surface area contributed by atoms with Crippen LogP contribution in [0.25, 0.3) is 0 Å². The number of nitrogens with one attached hydrogen (secondary N) is 1. The summed E-state index contributed by atoms with van der Waals surface area (Å²) in [6.45, 7) is 7.55. The van der Waals surface area contributed by atoms with Crippen LogP contribution in [-0.4, -0.2) is 44.3 Å². The molecule has 38 heavy (non-hydrogen) atoms. The van der Waals surface area contributed by atoms with Gasteiger partial charge in [-0.15, -0.1) is 0 Å². The summed E-state index contributed by atoms with van der Waals surface area (Å²) in [6.07, 6.45) is 0.753. The summed E-state index contributed by atoms with van der Waals surface area (Å²) in [4.78, 5) is 28.2. The summed E-state index contributed by atoms with van der Waals surface area (Å²) in [5, 5.41) is 3.28. The average molecular weight is 556 g/mol. The van der Waals surface area contributed by atoms with Gasteiger partial charge in [-0.3, -0.25) is 13.9 Å². The van der Waals surface area contributed by atoms with Crippen LogP contribution in [0.5, 0.6) is 0 Å². The van der Waals surface area contributed by atoms with Crippen molar-refractivity contribution in [1.29, 1.82) is 0 Å². The number of carbonyl (C=O) groups is 2. The van der Waals surface area contributed by atoms with Gasteiger partial charge in [-0.05, 0) is 69.2 Å². The van der Waals surface area contributed by atoms with Crippen LogP contribution in [0, 0.1) is 13.8 Å². The molecule has 0 radical (unpaired) electrons. The Kier molecular flexibility index (Phi) is 9.94. The fourth-order valence-corrected chi connectivity index (χ4v) is 5.50. The van der Waals surface area contributed by atoms with Crippen molar-refractivity contribution in [3.05, 3.63) is 94.5 Å². The minimum absolute atomic E-state index is 0.0600. The maximum Gasteiger partial charge on any atom is 0.264 e. The Balaban J connectivity index is 2.01. The van der Waals surface area contributed by atoms with E-state index in [0.29, 0.717) is 17.3 Å². The van der Waals surface area contributed by atoms with Crippen molar-refractivity contribution in [2.45, 2.75) is 51.6 Å². The summed E-state index contributed by atoms with van der Waals surface area (Å²) < 4.78 is 28.6. The molecule has 1 unspecified atom stereocenters. The van der Waals surface area contributed by atoms with Gasteiger partial charge in [-0.25, -0.2) is 8.42 Å². The zero-order valence-corrected chi connectivity index (χ0v) is 23.7. The van der Waals surface area contributed by atoms with Crippen LogP contribution in [0.15, 0.2) is 77.7 Å². The smallest absolute Gasteiger partial charge is 0.264 e. The molecule has 9 heteroatoms. The fraction of sp³-hybridized carbons (Fsp3) is 0.310. The Morgan fingerprint density at radius 2 is 1.61 bits per heavy atom. The monoisotopic (exact) mass is 555 g/mol. The third kappa shape index (κ3) is 7.36. The molecule has 0 aromatic heterocycles. The quantitative estimate of drug-likeness (QED) is 0.357. The molecule has 202 valence electrons. The van der Waals surface area contributed by atoms with Crippen LogP contribution >= 0.6 is 11.6 Å². The van der Waals surface area contributed by atoms with Crippen LogP contribution < -0.4 is 9.62 Å². The van der Waals surface area contributed by atoms with Crippen molar-refractivity contribution in [2.24, 2.45) is 0 Å². The highest BCUT2D eigenvalue weighted by atomic mass is 35.5. The van der Waals surface area contributed by atoms with E-state index in [-0.39, 0.29) is 17.3 Å². The van der Waals surface area contributed by atoms with Crippen LogP contribution in [-0.2, 0) is 26.2 Å². The highest BCUT2D eigenvalue weighted by Gasteiger charge is 2.32. The first-order chi connectivity index (χ1) is 18.0. The molecule has 0 saturated carbocycles. The van der Waals surface area contributed by atoms with Gasteiger partial charge in [0.05, 0.1) is 10.6 Å². The first-order valence-corrected chi connectivity index (χ1v) is 14.3. The molecule has 2 amide bonds. The topological polar surface area (TPSA) is 86.8 Å².